The van der Waals surface area contributed by atoms with Crippen LogP contribution in [-0.2, 0) is 13.1 Å². The summed E-state index contributed by atoms with van der Waals surface area (Å²) in [7, 11) is 3.83. The topological polar surface area (TPSA) is 49.6 Å². The van der Waals surface area contributed by atoms with Crippen molar-refractivity contribution in [1.82, 2.24) is 15.0 Å². The lowest BCUT2D eigenvalue weighted by Crippen LogP contribution is -2.38. The minimum Gasteiger partial charge on any atom is -0.359 e. The first-order valence-corrected chi connectivity index (χ1v) is 8.33. The van der Waals surface area contributed by atoms with Gasteiger partial charge in [0.15, 0.2) is 11.5 Å². The molecule has 1 amide bonds. The van der Waals surface area contributed by atoms with Crippen molar-refractivity contribution in [3.8, 4) is 0 Å². The van der Waals surface area contributed by atoms with E-state index in [-0.39, 0.29) is 11.9 Å². The van der Waals surface area contributed by atoms with Crippen LogP contribution in [0, 0.1) is 5.92 Å². The third-order valence-corrected chi connectivity index (χ3v) is 4.40. The van der Waals surface area contributed by atoms with Crippen LogP contribution in [-0.4, -0.2) is 41.0 Å². The Morgan fingerprint density at radius 3 is 2.42 bits per heavy atom. The van der Waals surface area contributed by atoms with Gasteiger partial charge in [0.2, 0.25) is 0 Å². The summed E-state index contributed by atoms with van der Waals surface area (Å²) in [4.78, 5) is 16.3. The second kappa shape index (κ2) is 8.11. The van der Waals surface area contributed by atoms with Gasteiger partial charge in [-0.15, -0.1) is 0 Å². The normalized spacial score (nSPS) is 12.6. The van der Waals surface area contributed by atoms with E-state index >= 15 is 0 Å². The molecule has 0 aliphatic rings. The van der Waals surface area contributed by atoms with Gasteiger partial charge >= 0.3 is 0 Å². The molecule has 130 valence electrons. The Morgan fingerprint density at radius 1 is 1.12 bits per heavy atom. The second-order valence-electron chi connectivity index (χ2n) is 6.74. The lowest BCUT2D eigenvalue weighted by Gasteiger charge is -2.27. The highest BCUT2D eigenvalue weighted by atomic mass is 16.5. The van der Waals surface area contributed by atoms with Crippen LogP contribution in [0.2, 0.25) is 0 Å². The third-order valence-electron chi connectivity index (χ3n) is 4.40. The molecule has 0 bridgehead atoms. The van der Waals surface area contributed by atoms with Crippen LogP contribution in [0.25, 0.3) is 0 Å². The Morgan fingerprint density at radius 2 is 1.79 bits per heavy atom. The first-order valence-electron chi connectivity index (χ1n) is 8.33. The predicted molar refractivity (Wildman–Crippen MR) is 94.5 cm³/mol. The van der Waals surface area contributed by atoms with Crippen LogP contribution in [0.4, 0.5) is 0 Å². The number of hydrogen-bond donors (Lipinski definition) is 0. The molecule has 0 saturated heterocycles. The number of amides is 1. The van der Waals surface area contributed by atoms with Gasteiger partial charge in [0.05, 0.1) is 6.54 Å². The molecule has 0 aliphatic heterocycles. The summed E-state index contributed by atoms with van der Waals surface area (Å²) in [5.41, 5.74) is 1.61. The van der Waals surface area contributed by atoms with E-state index in [0.29, 0.717) is 23.9 Å². The van der Waals surface area contributed by atoms with Gasteiger partial charge in [-0.1, -0.05) is 49.3 Å². The number of benzene rings is 1. The number of aromatic nitrogens is 1. The average Bonchev–Trinajstić information content (AvgIpc) is 3.01. The molecular weight excluding hydrogens is 302 g/mol. The van der Waals surface area contributed by atoms with Crippen molar-refractivity contribution >= 4 is 5.91 Å². The molecule has 1 aromatic carbocycles. The Kier molecular flexibility index (Phi) is 6.15. The number of nitrogens with zero attached hydrogens (tertiary/aromatic N) is 3. The van der Waals surface area contributed by atoms with Crippen LogP contribution < -0.4 is 0 Å². The number of hydrogen-bond acceptors (Lipinski definition) is 4. The number of rotatable bonds is 7. The van der Waals surface area contributed by atoms with Crippen molar-refractivity contribution in [2.45, 2.75) is 39.9 Å². The maximum absolute atomic E-state index is 12.5. The SMILES string of the molecule is CC(C)[C@@H](C)N(C)C(=O)c1cc(CN(C)Cc2ccccc2)on1. The second-order valence-corrected chi connectivity index (χ2v) is 6.74. The van der Waals surface area contributed by atoms with Gasteiger partial charge in [0, 0.05) is 25.7 Å². The first kappa shape index (κ1) is 18.2. The number of carbonyl (C=O) groups is 1. The van der Waals surface area contributed by atoms with Crippen molar-refractivity contribution < 1.29 is 9.32 Å². The average molecular weight is 329 g/mol. The minimum absolute atomic E-state index is 0.100. The van der Waals surface area contributed by atoms with Crippen LogP contribution in [0.5, 0.6) is 0 Å². The Hall–Kier alpha value is -2.14. The van der Waals surface area contributed by atoms with Gasteiger partial charge in [-0.2, -0.15) is 0 Å². The monoisotopic (exact) mass is 329 g/mol. The van der Waals surface area contributed by atoms with Crippen molar-refractivity contribution in [1.29, 1.82) is 0 Å². The quantitative estimate of drug-likeness (QED) is 0.781. The summed E-state index contributed by atoms with van der Waals surface area (Å²) >= 11 is 0. The Balaban J connectivity index is 1.96. The first-order chi connectivity index (χ1) is 11.4. The Bertz CT molecular complexity index is 652. The zero-order chi connectivity index (χ0) is 17.7. The lowest BCUT2D eigenvalue weighted by molar-refractivity contribution is 0.0696. The highest BCUT2D eigenvalue weighted by molar-refractivity contribution is 5.92. The maximum atomic E-state index is 12.5. The van der Waals surface area contributed by atoms with E-state index in [9.17, 15) is 4.79 Å². The summed E-state index contributed by atoms with van der Waals surface area (Å²) < 4.78 is 5.35. The standard InChI is InChI=1S/C19H27N3O2/c1-14(2)15(3)22(5)19(23)18-11-17(24-20-18)13-21(4)12-16-9-7-6-8-10-16/h6-11,14-15H,12-13H2,1-5H3/t15-/m1/s1. The summed E-state index contributed by atoms with van der Waals surface area (Å²) in [5, 5.41) is 3.95. The van der Waals surface area contributed by atoms with E-state index < -0.39 is 0 Å². The molecule has 0 N–H and O–H groups in total. The smallest absolute Gasteiger partial charge is 0.276 e. The van der Waals surface area contributed by atoms with Gasteiger partial charge in [-0.05, 0) is 25.5 Å². The summed E-state index contributed by atoms with van der Waals surface area (Å²) in [6, 6.07) is 12.1. The fourth-order valence-electron chi connectivity index (χ4n) is 2.52. The fourth-order valence-corrected chi connectivity index (χ4v) is 2.52. The largest absolute Gasteiger partial charge is 0.359 e. The van der Waals surface area contributed by atoms with Gasteiger partial charge in [-0.25, -0.2) is 0 Å². The molecule has 2 rings (SSSR count). The highest BCUT2D eigenvalue weighted by Crippen LogP contribution is 2.14. The zero-order valence-corrected chi connectivity index (χ0v) is 15.2. The van der Waals surface area contributed by atoms with E-state index in [1.54, 1.807) is 11.0 Å². The zero-order valence-electron chi connectivity index (χ0n) is 15.2. The highest BCUT2D eigenvalue weighted by Gasteiger charge is 2.23. The maximum Gasteiger partial charge on any atom is 0.276 e. The van der Waals surface area contributed by atoms with Gasteiger partial charge in [0.1, 0.15) is 0 Å². The molecule has 0 aliphatic carbocycles. The fraction of sp³-hybridized carbons (Fsp3) is 0.474. The molecule has 24 heavy (non-hydrogen) atoms. The van der Waals surface area contributed by atoms with E-state index in [2.05, 4.69) is 36.0 Å². The van der Waals surface area contributed by atoms with Crippen LogP contribution in [0.1, 0.15) is 42.6 Å². The van der Waals surface area contributed by atoms with Gasteiger partial charge in [-0.3, -0.25) is 9.69 Å². The molecule has 0 saturated carbocycles. The lowest BCUT2D eigenvalue weighted by atomic mass is 10.1. The van der Waals surface area contributed by atoms with Crippen LogP contribution in [0.3, 0.4) is 0 Å². The van der Waals surface area contributed by atoms with Crippen LogP contribution >= 0.6 is 0 Å². The molecule has 5 heteroatoms. The summed E-state index contributed by atoms with van der Waals surface area (Å²) in [6.45, 7) is 7.66. The molecule has 1 heterocycles. The van der Waals surface area contributed by atoms with Gasteiger partial charge in [0.25, 0.3) is 5.91 Å². The molecule has 0 fully saturated rings. The van der Waals surface area contributed by atoms with E-state index in [0.717, 1.165) is 6.54 Å². The molecule has 5 nitrogen and oxygen atoms in total. The van der Waals surface area contributed by atoms with Crippen molar-refractivity contribution in [2.24, 2.45) is 5.92 Å². The molecule has 1 aromatic heterocycles. The van der Waals surface area contributed by atoms with Crippen molar-refractivity contribution in [3.63, 3.8) is 0 Å². The Labute approximate surface area is 144 Å². The van der Waals surface area contributed by atoms with E-state index in [1.165, 1.54) is 5.56 Å². The molecule has 0 spiro atoms. The van der Waals surface area contributed by atoms with Crippen molar-refractivity contribution in [3.05, 3.63) is 53.4 Å². The van der Waals surface area contributed by atoms with Gasteiger partial charge < -0.3 is 9.42 Å². The van der Waals surface area contributed by atoms with E-state index in [1.807, 2.05) is 39.2 Å². The minimum atomic E-state index is -0.100. The number of carbonyl (C=O) groups excluding carboxylic acids is 1. The molecule has 0 radical (unpaired) electrons. The molecule has 2 aromatic rings. The summed E-state index contributed by atoms with van der Waals surface area (Å²) in [5.74, 6) is 0.988. The molecule has 0 unspecified atom stereocenters. The van der Waals surface area contributed by atoms with Crippen molar-refractivity contribution in [2.75, 3.05) is 14.1 Å². The molecule has 1 atom stereocenters. The summed E-state index contributed by atoms with van der Waals surface area (Å²) in [6.07, 6.45) is 0. The third kappa shape index (κ3) is 4.68. The molecular formula is C19H27N3O2. The van der Waals surface area contributed by atoms with Crippen LogP contribution in [0.15, 0.2) is 40.9 Å². The predicted octanol–water partition coefficient (Wildman–Crippen LogP) is 3.42. The van der Waals surface area contributed by atoms with E-state index in [4.69, 9.17) is 4.52 Å².